The average molecular weight is 410 g/mol. The second-order valence-electron chi connectivity index (χ2n) is 6.50. The molecule has 148 valence electrons. The monoisotopic (exact) mass is 410 g/mol. The van der Waals surface area contributed by atoms with Gasteiger partial charge in [0, 0.05) is 18.9 Å². The Hall–Kier alpha value is -3.26. The Balaban J connectivity index is 1.55. The van der Waals surface area contributed by atoms with Crippen molar-refractivity contribution in [3.63, 3.8) is 0 Å². The third kappa shape index (κ3) is 4.43. The average Bonchev–Trinajstić information content (AvgIpc) is 3.38. The summed E-state index contributed by atoms with van der Waals surface area (Å²) in [6, 6.07) is 14.1. The summed E-state index contributed by atoms with van der Waals surface area (Å²) in [5.41, 5.74) is 1.38. The third-order valence-corrected chi connectivity index (χ3v) is 5.43. The zero-order valence-corrected chi connectivity index (χ0v) is 16.6. The van der Waals surface area contributed by atoms with E-state index < -0.39 is 5.82 Å². The number of hydrogen-bond acceptors (Lipinski definition) is 5. The maximum atomic E-state index is 14.1. The number of hydrogen-bond donors (Lipinski definition) is 0. The SMILES string of the molecule is Cc1ccc(OCC(=O)N(CCn2cccn2)c2nc3c(F)cccc3s2)cc1. The lowest BCUT2D eigenvalue weighted by atomic mass is 10.2. The Morgan fingerprint density at radius 2 is 2.03 bits per heavy atom. The topological polar surface area (TPSA) is 60.2 Å². The van der Waals surface area contributed by atoms with E-state index in [1.54, 1.807) is 23.0 Å². The van der Waals surface area contributed by atoms with Crippen LogP contribution in [0.1, 0.15) is 5.56 Å². The van der Waals surface area contributed by atoms with Crippen LogP contribution in [-0.2, 0) is 11.3 Å². The van der Waals surface area contributed by atoms with Gasteiger partial charge in [0.1, 0.15) is 17.1 Å². The molecule has 0 saturated carbocycles. The fraction of sp³-hybridized carbons (Fsp3) is 0.190. The molecule has 4 aromatic rings. The molecule has 29 heavy (non-hydrogen) atoms. The van der Waals surface area contributed by atoms with Gasteiger partial charge in [0.25, 0.3) is 5.91 Å². The highest BCUT2D eigenvalue weighted by atomic mass is 32.1. The van der Waals surface area contributed by atoms with E-state index in [1.165, 1.54) is 22.3 Å². The minimum atomic E-state index is -0.402. The molecule has 4 rings (SSSR count). The number of rotatable bonds is 7. The van der Waals surface area contributed by atoms with Crippen LogP contribution in [0.15, 0.2) is 60.9 Å². The first-order valence-corrected chi connectivity index (χ1v) is 9.94. The van der Waals surface area contributed by atoms with E-state index in [0.29, 0.717) is 28.7 Å². The number of aryl methyl sites for hydroxylation is 1. The van der Waals surface area contributed by atoms with Crippen LogP contribution in [0, 0.1) is 12.7 Å². The molecule has 0 fully saturated rings. The van der Waals surface area contributed by atoms with Crippen LogP contribution in [0.5, 0.6) is 5.75 Å². The summed E-state index contributed by atoms with van der Waals surface area (Å²) in [6.07, 6.45) is 3.50. The zero-order valence-electron chi connectivity index (χ0n) is 15.8. The van der Waals surface area contributed by atoms with Gasteiger partial charge in [-0.1, -0.05) is 35.1 Å². The number of aromatic nitrogens is 3. The first-order valence-electron chi connectivity index (χ1n) is 9.12. The van der Waals surface area contributed by atoms with Crippen molar-refractivity contribution in [1.29, 1.82) is 0 Å². The molecule has 8 heteroatoms. The molecule has 2 aromatic carbocycles. The number of amides is 1. The standard InChI is InChI=1S/C21H19FN4O2S/c1-15-6-8-16(9-7-15)28-14-19(27)26(13-12-25-11-3-10-23-25)21-24-20-17(22)4-2-5-18(20)29-21/h2-11H,12-14H2,1H3. The highest BCUT2D eigenvalue weighted by molar-refractivity contribution is 7.22. The number of fused-ring (bicyclic) bond motifs is 1. The highest BCUT2D eigenvalue weighted by Crippen LogP contribution is 2.30. The quantitative estimate of drug-likeness (QED) is 0.461. The van der Waals surface area contributed by atoms with Gasteiger partial charge in [0.2, 0.25) is 0 Å². The van der Waals surface area contributed by atoms with Gasteiger partial charge in [0.15, 0.2) is 11.7 Å². The summed E-state index contributed by atoms with van der Waals surface area (Å²) in [6.45, 7) is 2.68. The summed E-state index contributed by atoms with van der Waals surface area (Å²) in [5, 5.41) is 4.61. The lowest BCUT2D eigenvalue weighted by molar-refractivity contribution is -0.120. The number of para-hydroxylation sites is 1. The summed E-state index contributed by atoms with van der Waals surface area (Å²) in [5.74, 6) is -0.0381. The predicted octanol–water partition coefficient (Wildman–Crippen LogP) is 4.05. The van der Waals surface area contributed by atoms with Gasteiger partial charge in [0.05, 0.1) is 11.2 Å². The van der Waals surface area contributed by atoms with E-state index >= 15 is 0 Å². The predicted molar refractivity (Wildman–Crippen MR) is 111 cm³/mol. The minimum absolute atomic E-state index is 0.138. The number of benzene rings is 2. The Morgan fingerprint density at radius 3 is 2.76 bits per heavy atom. The van der Waals surface area contributed by atoms with Crippen molar-refractivity contribution < 1.29 is 13.9 Å². The molecule has 1 amide bonds. The molecule has 2 aromatic heterocycles. The van der Waals surface area contributed by atoms with Crippen LogP contribution in [-0.4, -0.2) is 33.8 Å². The molecule has 2 heterocycles. The van der Waals surface area contributed by atoms with E-state index in [0.717, 1.165) is 5.56 Å². The molecule has 0 radical (unpaired) electrons. The summed E-state index contributed by atoms with van der Waals surface area (Å²) in [4.78, 5) is 18.8. The van der Waals surface area contributed by atoms with Crippen molar-refractivity contribution in [2.24, 2.45) is 0 Å². The van der Waals surface area contributed by atoms with Gasteiger partial charge in [-0.3, -0.25) is 14.4 Å². The number of halogens is 1. The Labute approximate surface area is 171 Å². The molecule has 0 aliphatic carbocycles. The molecule has 0 atom stereocenters. The van der Waals surface area contributed by atoms with Crippen molar-refractivity contribution in [3.8, 4) is 5.75 Å². The summed E-state index contributed by atoms with van der Waals surface area (Å²) < 4.78 is 22.1. The van der Waals surface area contributed by atoms with E-state index in [1.807, 2.05) is 43.5 Å². The maximum absolute atomic E-state index is 14.1. The fourth-order valence-electron chi connectivity index (χ4n) is 2.84. The molecule has 0 aliphatic heterocycles. The number of carbonyl (C=O) groups is 1. The van der Waals surface area contributed by atoms with Gasteiger partial charge in [-0.05, 0) is 37.3 Å². The van der Waals surface area contributed by atoms with E-state index in [9.17, 15) is 9.18 Å². The first-order chi connectivity index (χ1) is 14.1. The van der Waals surface area contributed by atoms with Gasteiger partial charge in [-0.25, -0.2) is 9.37 Å². The second kappa shape index (κ2) is 8.40. The summed E-state index contributed by atoms with van der Waals surface area (Å²) in [7, 11) is 0. The highest BCUT2D eigenvalue weighted by Gasteiger charge is 2.21. The van der Waals surface area contributed by atoms with Crippen molar-refractivity contribution in [2.45, 2.75) is 13.5 Å². The van der Waals surface area contributed by atoms with Crippen LogP contribution in [0.3, 0.4) is 0 Å². The van der Waals surface area contributed by atoms with Gasteiger partial charge in [-0.2, -0.15) is 5.10 Å². The van der Waals surface area contributed by atoms with Crippen LogP contribution in [0.25, 0.3) is 10.2 Å². The Morgan fingerprint density at radius 1 is 1.21 bits per heavy atom. The minimum Gasteiger partial charge on any atom is -0.484 e. The number of thiazole rings is 1. The van der Waals surface area contributed by atoms with Crippen LogP contribution in [0.2, 0.25) is 0 Å². The summed E-state index contributed by atoms with van der Waals surface area (Å²) >= 11 is 1.28. The van der Waals surface area contributed by atoms with E-state index in [2.05, 4.69) is 10.1 Å². The lowest BCUT2D eigenvalue weighted by Crippen LogP contribution is -2.37. The van der Waals surface area contributed by atoms with Crippen molar-refractivity contribution >= 4 is 32.6 Å². The van der Waals surface area contributed by atoms with Crippen LogP contribution < -0.4 is 9.64 Å². The molecule has 6 nitrogen and oxygen atoms in total. The molecule has 0 saturated heterocycles. The van der Waals surface area contributed by atoms with E-state index in [4.69, 9.17) is 4.74 Å². The van der Waals surface area contributed by atoms with Crippen molar-refractivity contribution in [1.82, 2.24) is 14.8 Å². The van der Waals surface area contributed by atoms with Crippen LogP contribution in [0.4, 0.5) is 9.52 Å². The van der Waals surface area contributed by atoms with Crippen molar-refractivity contribution in [2.75, 3.05) is 18.1 Å². The lowest BCUT2D eigenvalue weighted by Gasteiger charge is -2.20. The molecule has 0 spiro atoms. The number of anilines is 1. The fourth-order valence-corrected chi connectivity index (χ4v) is 3.86. The maximum Gasteiger partial charge on any atom is 0.266 e. The zero-order chi connectivity index (χ0) is 20.2. The van der Waals surface area contributed by atoms with E-state index in [-0.39, 0.29) is 18.0 Å². The molecule has 0 N–H and O–H groups in total. The number of carbonyl (C=O) groups excluding carboxylic acids is 1. The molecular formula is C21H19FN4O2S. The van der Waals surface area contributed by atoms with Gasteiger partial charge < -0.3 is 4.74 Å². The Kier molecular flexibility index (Phi) is 5.53. The first kappa shape index (κ1) is 19.1. The third-order valence-electron chi connectivity index (χ3n) is 4.39. The second-order valence-corrected chi connectivity index (χ2v) is 7.51. The molecule has 0 aliphatic rings. The Bertz CT molecular complexity index is 1110. The molecular weight excluding hydrogens is 391 g/mol. The van der Waals surface area contributed by atoms with Gasteiger partial charge in [-0.15, -0.1) is 0 Å². The van der Waals surface area contributed by atoms with Crippen molar-refractivity contribution in [3.05, 3.63) is 72.3 Å². The molecule has 0 unspecified atom stereocenters. The number of ether oxygens (including phenoxy) is 1. The smallest absolute Gasteiger partial charge is 0.266 e. The largest absolute Gasteiger partial charge is 0.484 e. The van der Waals surface area contributed by atoms with Crippen LogP contribution >= 0.6 is 11.3 Å². The van der Waals surface area contributed by atoms with Gasteiger partial charge >= 0.3 is 0 Å². The molecule has 0 bridgehead atoms. The number of nitrogens with zero attached hydrogens (tertiary/aromatic N) is 4. The normalized spacial score (nSPS) is 11.0.